The molecule has 0 aromatic rings. The molecule has 63 heavy (non-hydrogen) atoms. The number of fused-ring (bicyclic) bond motifs is 4. The fourth-order valence-electron chi connectivity index (χ4n) is 15.5. The van der Waals surface area contributed by atoms with Crippen molar-refractivity contribution in [3.05, 3.63) is 11.6 Å². The van der Waals surface area contributed by atoms with E-state index in [0.717, 1.165) is 38.5 Å². The highest BCUT2D eigenvalue weighted by Crippen LogP contribution is 2.80. The van der Waals surface area contributed by atoms with E-state index in [1.165, 1.54) is 5.57 Å². The second-order valence-electron chi connectivity index (χ2n) is 22.4. The van der Waals surface area contributed by atoms with Crippen molar-refractivity contribution < 1.29 is 83.9 Å². The molecule has 17 heteroatoms. The molecular weight excluding hydrogens is 824 g/mol. The second-order valence-corrected chi connectivity index (χ2v) is 22.4. The summed E-state index contributed by atoms with van der Waals surface area (Å²) in [4.78, 5) is 0. The molecule has 360 valence electrons. The molecule has 5 heterocycles. The number of rotatable bonds is 10. The van der Waals surface area contributed by atoms with Gasteiger partial charge in [0.25, 0.3) is 0 Å². The minimum Gasteiger partial charge on any atom is -0.394 e. The zero-order chi connectivity index (χ0) is 45.4. The average Bonchev–Trinajstić information content (AvgIpc) is 3.93. The van der Waals surface area contributed by atoms with E-state index in [2.05, 4.69) is 47.6 Å². The van der Waals surface area contributed by atoms with Crippen molar-refractivity contribution >= 4 is 0 Å². The van der Waals surface area contributed by atoms with Gasteiger partial charge in [0.05, 0.1) is 44.7 Å². The Morgan fingerprint density at radius 3 is 2.17 bits per heavy atom. The fourth-order valence-corrected chi connectivity index (χ4v) is 15.5. The Bertz CT molecular complexity index is 1710. The van der Waals surface area contributed by atoms with E-state index in [1.54, 1.807) is 0 Å². The minimum atomic E-state index is -1.70. The van der Waals surface area contributed by atoms with E-state index >= 15 is 0 Å². The van der Waals surface area contributed by atoms with Gasteiger partial charge in [-0.2, -0.15) is 0 Å². The Hall–Kier alpha value is -0.940. The summed E-state index contributed by atoms with van der Waals surface area (Å²) in [6.07, 6.45) is -10.6. The quantitative estimate of drug-likeness (QED) is 0.135. The van der Waals surface area contributed by atoms with Crippen LogP contribution in [0.5, 0.6) is 0 Å². The molecular formula is C46H74O17. The second kappa shape index (κ2) is 16.4. The van der Waals surface area contributed by atoms with Crippen LogP contribution >= 0.6 is 0 Å². The Kier molecular flexibility index (Phi) is 12.2. The minimum absolute atomic E-state index is 0.0448. The first-order chi connectivity index (χ1) is 29.6. The number of allylic oxidation sites excluding steroid dienone is 1. The van der Waals surface area contributed by atoms with Gasteiger partial charge in [0.2, 0.25) is 0 Å². The molecule has 4 saturated carbocycles. The zero-order valence-corrected chi connectivity index (χ0v) is 37.8. The van der Waals surface area contributed by atoms with Gasteiger partial charge in [-0.1, -0.05) is 39.3 Å². The largest absolute Gasteiger partial charge is 0.394 e. The number of ether oxygens (including phenoxy) is 8. The summed E-state index contributed by atoms with van der Waals surface area (Å²) in [6.45, 7) is 15.2. The molecule has 9 rings (SSSR count). The molecule has 9 fully saturated rings. The molecule has 0 aromatic heterocycles. The average molecular weight is 899 g/mol. The molecule has 4 aliphatic carbocycles. The Morgan fingerprint density at radius 1 is 0.762 bits per heavy atom. The van der Waals surface area contributed by atoms with E-state index in [4.69, 9.17) is 37.9 Å². The van der Waals surface area contributed by atoms with Crippen LogP contribution in [-0.2, 0) is 37.9 Å². The molecule has 2 spiro atoms. The summed E-state index contributed by atoms with van der Waals surface area (Å²) < 4.78 is 49.3. The molecule has 2 bridgehead atoms. The van der Waals surface area contributed by atoms with Crippen LogP contribution in [0.15, 0.2) is 11.6 Å². The van der Waals surface area contributed by atoms with Crippen molar-refractivity contribution in [1.82, 2.24) is 0 Å². The molecule has 5 saturated heterocycles. The lowest BCUT2D eigenvalue weighted by atomic mass is 9.35. The highest BCUT2D eigenvalue weighted by molar-refractivity contribution is 5.27. The van der Waals surface area contributed by atoms with Gasteiger partial charge in [0.15, 0.2) is 24.7 Å². The molecule has 0 amide bonds. The van der Waals surface area contributed by atoms with Crippen LogP contribution in [0, 0.1) is 51.2 Å². The first-order valence-electron chi connectivity index (χ1n) is 23.4. The summed E-state index contributed by atoms with van der Waals surface area (Å²) >= 11 is 0. The maximum atomic E-state index is 12.4. The van der Waals surface area contributed by atoms with Gasteiger partial charge in [0, 0.05) is 23.7 Å². The predicted molar refractivity (Wildman–Crippen MR) is 219 cm³/mol. The van der Waals surface area contributed by atoms with Gasteiger partial charge in [-0.3, -0.25) is 0 Å². The SMILES string of the molecule is CC(C)=C[C@@H]1CO[C@]23C[C@]4(CO2)[C@H](CC[C@@H]2[C@@]5(C)CC[C@H](O[C@H]6O[C@H]([C@@H](CO[C@H]7O[C@@H](CO)[C@H](O)[C@H]7O)O[C@@H]7OC[C@H](O)[C@H](O)[C@H]7O)[C@H](O)[C@H]6O)C(C)(C)[C@@H]5CC[C@]24C)[C@H]3[C@@]1(C)O. The summed E-state index contributed by atoms with van der Waals surface area (Å²) in [6, 6.07) is 0. The number of aliphatic hydroxyl groups is 9. The maximum absolute atomic E-state index is 12.4. The van der Waals surface area contributed by atoms with Crippen molar-refractivity contribution in [1.29, 1.82) is 0 Å². The van der Waals surface area contributed by atoms with Crippen LogP contribution in [-0.4, -0.2) is 176 Å². The lowest BCUT2D eigenvalue weighted by molar-refractivity contribution is -0.339. The van der Waals surface area contributed by atoms with Gasteiger partial charge in [0.1, 0.15) is 61.0 Å². The van der Waals surface area contributed by atoms with Crippen LogP contribution in [0.3, 0.4) is 0 Å². The standard InChI is InChI=1S/C46H74O17/c1-21(2)14-22-16-58-46-19-45(20-59-46)23(37(46)44(22,7)55)8-9-28-42(5)12-11-29(41(3,4)27(42)10-13-43(28,45)6)62-40-35(54)32(51)36(63-40)26(61-38-33(52)30(49)24(48)17-56-38)18-57-39-34(53)31(50)25(15-47)60-39/h14,22-40,47-55H,8-13,15-20H2,1-7H3/t22-,23-,24+,25+,26-,27+,28-,29+,30+,31+,32-,33-,34-,35-,36-,37+,38+,39+,40+,42+,43-,44+,45+,46-/m1/s1. The first kappa shape index (κ1) is 47.1. The van der Waals surface area contributed by atoms with Crippen molar-refractivity contribution in [2.75, 3.05) is 33.0 Å². The van der Waals surface area contributed by atoms with E-state index in [0.29, 0.717) is 25.6 Å². The Morgan fingerprint density at radius 2 is 1.48 bits per heavy atom. The third-order valence-corrected chi connectivity index (χ3v) is 18.6. The maximum Gasteiger partial charge on any atom is 0.187 e. The van der Waals surface area contributed by atoms with Crippen molar-refractivity contribution in [3.8, 4) is 0 Å². The lowest BCUT2D eigenvalue weighted by Crippen LogP contribution is -2.68. The van der Waals surface area contributed by atoms with E-state index in [9.17, 15) is 46.0 Å². The number of aliphatic hydroxyl groups excluding tert-OH is 8. The highest BCUT2D eigenvalue weighted by Gasteiger charge is 2.81. The third kappa shape index (κ3) is 7.03. The van der Waals surface area contributed by atoms with Crippen molar-refractivity contribution in [2.45, 2.75) is 191 Å². The van der Waals surface area contributed by atoms with Crippen molar-refractivity contribution in [3.63, 3.8) is 0 Å². The van der Waals surface area contributed by atoms with E-state index < -0.39 is 105 Å². The summed E-state index contributed by atoms with van der Waals surface area (Å²) in [5, 5.41) is 96.9. The van der Waals surface area contributed by atoms with Crippen molar-refractivity contribution in [2.24, 2.45) is 51.2 Å². The number of hydrogen-bond acceptors (Lipinski definition) is 17. The van der Waals surface area contributed by atoms with Crippen LogP contribution in [0.25, 0.3) is 0 Å². The van der Waals surface area contributed by atoms with Gasteiger partial charge in [-0.05, 0) is 93.3 Å². The van der Waals surface area contributed by atoms with Gasteiger partial charge in [-0.15, -0.1) is 0 Å². The zero-order valence-electron chi connectivity index (χ0n) is 37.8. The summed E-state index contributed by atoms with van der Waals surface area (Å²) in [7, 11) is 0. The highest BCUT2D eigenvalue weighted by atomic mass is 16.8. The van der Waals surface area contributed by atoms with Gasteiger partial charge in [-0.25, -0.2) is 0 Å². The molecule has 5 aliphatic heterocycles. The van der Waals surface area contributed by atoms with Crippen LogP contribution in [0.1, 0.15) is 93.4 Å². The Balaban J connectivity index is 0.913. The Labute approximate surface area is 369 Å². The molecule has 24 atom stereocenters. The van der Waals surface area contributed by atoms with Gasteiger partial charge >= 0.3 is 0 Å². The van der Waals surface area contributed by atoms with Crippen LogP contribution in [0.2, 0.25) is 0 Å². The molecule has 9 N–H and O–H groups in total. The lowest BCUT2D eigenvalue weighted by Gasteiger charge is -2.70. The van der Waals surface area contributed by atoms with E-state index in [1.807, 2.05) is 6.92 Å². The fraction of sp³-hybridized carbons (Fsp3) is 0.957. The predicted octanol–water partition coefficient (Wildman–Crippen LogP) is 0.463. The molecule has 9 aliphatic rings. The molecule has 0 radical (unpaired) electrons. The smallest absolute Gasteiger partial charge is 0.187 e. The summed E-state index contributed by atoms with van der Waals surface area (Å²) in [5.74, 6) is -0.0556. The molecule has 0 aromatic carbocycles. The molecule has 0 unspecified atom stereocenters. The summed E-state index contributed by atoms with van der Waals surface area (Å²) in [5.41, 5.74) is -0.384. The first-order valence-corrected chi connectivity index (χ1v) is 23.4. The topological polar surface area (TPSA) is 256 Å². The molecule has 17 nitrogen and oxygen atoms in total. The van der Waals surface area contributed by atoms with Gasteiger partial charge < -0.3 is 83.9 Å². The normalized spacial score (nSPS) is 56.3. The van der Waals surface area contributed by atoms with Crippen LogP contribution in [0.4, 0.5) is 0 Å². The van der Waals surface area contributed by atoms with E-state index in [-0.39, 0.29) is 58.0 Å². The monoisotopic (exact) mass is 898 g/mol. The van der Waals surface area contributed by atoms with Crippen LogP contribution < -0.4 is 0 Å². The number of hydrogen-bond donors (Lipinski definition) is 9. The third-order valence-electron chi connectivity index (χ3n) is 18.6.